The van der Waals surface area contributed by atoms with Crippen molar-refractivity contribution in [3.8, 4) is 0 Å². The van der Waals surface area contributed by atoms with Crippen LogP contribution in [0.3, 0.4) is 0 Å². The average Bonchev–Trinajstić information content (AvgIpc) is 2.97. The average molecular weight is 265 g/mol. The summed E-state index contributed by atoms with van der Waals surface area (Å²) in [7, 11) is 0. The molecule has 0 amide bonds. The van der Waals surface area contributed by atoms with Crippen molar-refractivity contribution in [3.05, 3.63) is 30.3 Å². The second kappa shape index (κ2) is 3.47. The number of rotatable bonds is 3. The molecule has 0 radical (unpaired) electrons. The molecule has 2 aliphatic rings. The van der Waals surface area contributed by atoms with E-state index in [9.17, 15) is 4.79 Å². The van der Waals surface area contributed by atoms with Gasteiger partial charge in [0.2, 0.25) is 0 Å². The molecule has 0 aliphatic heterocycles. The van der Waals surface area contributed by atoms with Crippen molar-refractivity contribution >= 4 is 25.2 Å². The molecule has 78 valence electrons. The second-order valence-corrected chi connectivity index (χ2v) is 7.66. The molecule has 0 heterocycles. The number of carbonyl (C=O) groups excluding carboxylic acids is 1. The first-order valence-corrected chi connectivity index (χ1v) is 7.28. The summed E-state index contributed by atoms with van der Waals surface area (Å²) in [5.74, 6) is 0.961. The Morgan fingerprint density at radius 2 is 1.93 bits per heavy atom. The predicted molar refractivity (Wildman–Crippen MR) is 61.5 cm³/mol. The van der Waals surface area contributed by atoms with Crippen molar-refractivity contribution in [1.29, 1.82) is 0 Å². The van der Waals surface area contributed by atoms with Gasteiger partial charge in [0.05, 0.1) is 0 Å². The molecule has 0 bridgehead atoms. The van der Waals surface area contributed by atoms with Crippen LogP contribution >= 0.6 is 0 Å². The topological polar surface area (TPSA) is 17.1 Å². The van der Waals surface area contributed by atoms with Crippen LogP contribution in [0.2, 0.25) is 4.31 Å². The Kier molecular flexibility index (Phi) is 2.22. The Labute approximate surface area is 96.4 Å². The summed E-state index contributed by atoms with van der Waals surface area (Å²) in [5.41, 5.74) is 0. The zero-order valence-corrected chi connectivity index (χ0v) is 10.3. The molecule has 0 aromatic heterocycles. The zero-order valence-electron chi connectivity index (χ0n) is 8.61. The van der Waals surface area contributed by atoms with Crippen LogP contribution in [0.1, 0.15) is 25.7 Å². The molecule has 0 N–H and O–H groups in total. The fourth-order valence-electron chi connectivity index (χ4n) is 2.33. The SMILES string of the molecule is O=C1CCC1C1([Se]c2ccccc2)CC1. The molecule has 2 aliphatic carbocycles. The Morgan fingerprint density at radius 1 is 1.20 bits per heavy atom. The molecular formula is C13H14OSe. The van der Waals surface area contributed by atoms with Gasteiger partial charge in [-0.1, -0.05) is 0 Å². The van der Waals surface area contributed by atoms with Crippen molar-refractivity contribution in [2.75, 3.05) is 0 Å². The van der Waals surface area contributed by atoms with Gasteiger partial charge in [-0.3, -0.25) is 0 Å². The molecule has 1 nitrogen and oxygen atoms in total. The van der Waals surface area contributed by atoms with Gasteiger partial charge in [-0.25, -0.2) is 0 Å². The van der Waals surface area contributed by atoms with Gasteiger partial charge in [-0.15, -0.1) is 0 Å². The zero-order chi connectivity index (χ0) is 10.3. The first-order valence-electron chi connectivity index (χ1n) is 5.57. The van der Waals surface area contributed by atoms with Crippen molar-refractivity contribution < 1.29 is 4.79 Å². The van der Waals surface area contributed by atoms with Gasteiger partial charge in [0.1, 0.15) is 0 Å². The molecule has 1 aromatic rings. The van der Waals surface area contributed by atoms with Crippen LogP contribution in [0.4, 0.5) is 0 Å². The number of Topliss-reactive ketones (excluding diaryl/α,β-unsaturated/α-hetero) is 1. The quantitative estimate of drug-likeness (QED) is 0.763. The monoisotopic (exact) mass is 266 g/mol. The summed E-state index contributed by atoms with van der Waals surface area (Å²) in [4.78, 5) is 11.5. The van der Waals surface area contributed by atoms with E-state index in [2.05, 4.69) is 30.3 Å². The van der Waals surface area contributed by atoms with Crippen molar-refractivity contribution in [2.45, 2.75) is 30.0 Å². The summed E-state index contributed by atoms with van der Waals surface area (Å²) in [5, 5.41) is 0. The van der Waals surface area contributed by atoms with Gasteiger partial charge in [0, 0.05) is 0 Å². The van der Waals surface area contributed by atoms with Crippen LogP contribution in [-0.2, 0) is 4.79 Å². The third-order valence-corrected chi connectivity index (χ3v) is 6.88. The molecule has 1 unspecified atom stereocenters. The fraction of sp³-hybridized carbons (Fsp3) is 0.462. The number of hydrogen-bond donors (Lipinski definition) is 0. The van der Waals surface area contributed by atoms with E-state index in [0.29, 0.717) is 31.0 Å². The van der Waals surface area contributed by atoms with Crippen LogP contribution in [-0.4, -0.2) is 20.7 Å². The normalized spacial score (nSPS) is 27.2. The molecule has 0 spiro atoms. The van der Waals surface area contributed by atoms with E-state index in [1.165, 1.54) is 17.3 Å². The van der Waals surface area contributed by atoms with Crippen LogP contribution in [0.25, 0.3) is 0 Å². The minimum atomic E-state index is 0.428. The maximum absolute atomic E-state index is 11.5. The third-order valence-electron chi connectivity index (χ3n) is 3.51. The Balaban J connectivity index is 1.75. The van der Waals surface area contributed by atoms with Crippen molar-refractivity contribution in [1.82, 2.24) is 0 Å². The summed E-state index contributed by atoms with van der Waals surface area (Å²) in [6, 6.07) is 10.7. The molecule has 2 fully saturated rings. The van der Waals surface area contributed by atoms with Crippen molar-refractivity contribution in [2.24, 2.45) is 5.92 Å². The third kappa shape index (κ3) is 1.66. The van der Waals surface area contributed by atoms with Crippen LogP contribution in [0.15, 0.2) is 30.3 Å². The van der Waals surface area contributed by atoms with Crippen LogP contribution < -0.4 is 4.46 Å². The van der Waals surface area contributed by atoms with Crippen LogP contribution in [0, 0.1) is 5.92 Å². The van der Waals surface area contributed by atoms with Gasteiger partial charge < -0.3 is 0 Å². The van der Waals surface area contributed by atoms with E-state index in [0.717, 1.165) is 12.8 Å². The van der Waals surface area contributed by atoms with Gasteiger partial charge in [-0.2, -0.15) is 0 Å². The molecule has 1 atom stereocenters. The van der Waals surface area contributed by atoms with Gasteiger partial charge in [-0.05, 0) is 0 Å². The number of benzene rings is 1. The molecular weight excluding hydrogens is 251 g/mol. The van der Waals surface area contributed by atoms with E-state index in [-0.39, 0.29) is 0 Å². The first kappa shape index (κ1) is 9.62. The Bertz CT molecular complexity index is 381. The molecule has 0 saturated heterocycles. The van der Waals surface area contributed by atoms with E-state index in [4.69, 9.17) is 0 Å². The van der Waals surface area contributed by atoms with E-state index < -0.39 is 0 Å². The molecule has 2 saturated carbocycles. The summed E-state index contributed by atoms with van der Waals surface area (Å²) < 4.78 is 1.89. The molecule has 1 aromatic carbocycles. The van der Waals surface area contributed by atoms with E-state index in [1.807, 2.05) is 0 Å². The second-order valence-electron chi connectivity index (χ2n) is 4.54. The molecule has 2 heteroatoms. The van der Waals surface area contributed by atoms with Gasteiger partial charge in [0.15, 0.2) is 0 Å². The number of hydrogen-bond acceptors (Lipinski definition) is 1. The van der Waals surface area contributed by atoms with Gasteiger partial charge >= 0.3 is 96.2 Å². The Morgan fingerprint density at radius 3 is 2.40 bits per heavy atom. The number of ketones is 1. The summed E-state index contributed by atoms with van der Waals surface area (Å²) >= 11 is 0.509. The predicted octanol–water partition coefficient (Wildman–Crippen LogP) is 1.95. The Hall–Kier alpha value is -0.591. The van der Waals surface area contributed by atoms with Gasteiger partial charge in [0.25, 0.3) is 0 Å². The maximum atomic E-state index is 11.5. The van der Waals surface area contributed by atoms with E-state index in [1.54, 1.807) is 0 Å². The van der Waals surface area contributed by atoms with Crippen LogP contribution in [0.5, 0.6) is 0 Å². The fourth-order valence-corrected chi connectivity index (χ4v) is 5.40. The van der Waals surface area contributed by atoms with E-state index >= 15 is 0 Å². The molecule has 15 heavy (non-hydrogen) atoms. The summed E-state index contributed by atoms with van der Waals surface area (Å²) in [6.07, 6.45) is 4.58. The standard InChI is InChI=1S/C13H14OSe/c14-12-7-6-11(12)13(8-9-13)15-10-4-2-1-3-5-10/h1-5,11H,6-9H2. The van der Waals surface area contributed by atoms with Crippen molar-refractivity contribution in [3.63, 3.8) is 0 Å². The molecule has 3 rings (SSSR count). The first-order chi connectivity index (χ1) is 7.30. The number of carbonyl (C=O) groups is 1. The minimum absolute atomic E-state index is 0.428. The summed E-state index contributed by atoms with van der Waals surface area (Å²) in [6.45, 7) is 0.